The van der Waals surface area contributed by atoms with E-state index in [0.717, 1.165) is 11.1 Å². The Kier molecular flexibility index (Phi) is 10.4. The van der Waals surface area contributed by atoms with Crippen molar-refractivity contribution in [3.63, 3.8) is 0 Å². The van der Waals surface area contributed by atoms with Crippen molar-refractivity contribution in [2.45, 2.75) is 68.5 Å². The Bertz CT molecular complexity index is 1390. The number of H-pyrrole nitrogens is 1. The molecule has 11 N–H and O–H groups in total. The number of carbonyl (C=O) groups excluding carboxylic acids is 3. The minimum absolute atomic E-state index is 0.235. The minimum atomic E-state index is -2.51. The highest BCUT2D eigenvalue weighted by molar-refractivity contribution is 5.95. The average Bonchev–Trinajstić information content (AvgIpc) is 3.22. The molecule has 9 atom stereocenters. The van der Waals surface area contributed by atoms with E-state index in [0.29, 0.717) is 10.1 Å². The molecule has 0 spiro atoms. The van der Waals surface area contributed by atoms with Gasteiger partial charge in [0.05, 0.1) is 12.2 Å². The zero-order valence-electron chi connectivity index (χ0n) is 22.3. The number of nitrogens with one attached hydrogen (secondary N) is 2. The van der Waals surface area contributed by atoms with Crippen molar-refractivity contribution in [3.05, 3.63) is 44.2 Å². The zero-order valence-corrected chi connectivity index (χ0v) is 22.3. The summed E-state index contributed by atoms with van der Waals surface area (Å²) < 4.78 is 10.5. The molecule has 20 heteroatoms. The van der Waals surface area contributed by atoms with E-state index in [1.807, 2.05) is 10.3 Å². The average molecular weight is 618 g/mol. The first kappa shape index (κ1) is 33.3. The third kappa shape index (κ3) is 6.74. The number of nitrogens with zero attached hydrogens (tertiary/aromatic N) is 2. The number of carbonyl (C=O) groups is 4. The van der Waals surface area contributed by atoms with Gasteiger partial charge in [-0.05, 0) is 12.5 Å². The van der Waals surface area contributed by atoms with E-state index in [1.165, 1.54) is 13.0 Å². The van der Waals surface area contributed by atoms with Gasteiger partial charge in [-0.1, -0.05) is 6.08 Å². The molecule has 0 radical (unpaired) electrons. The van der Waals surface area contributed by atoms with Gasteiger partial charge in [-0.25, -0.2) is 14.4 Å². The molecule has 1 aromatic rings. The van der Waals surface area contributed by atoms with Crippen molar-refractivity contribution in [3.8, 4) is 0 Å². The van der Waals surface area contributed by atoms with E-state index in [9.17, 15) is 64.5 Å². The van der Waals surface area contributed by atoms with Gasteiger partial charge < -0.3 is 61.2 Å². The van der Waals surface area contributed by atoms with Crippen LogP contribution in [-0.2, 0) is 30.5 Å². The Hall–Kier alpha value is -4.18. The lowest BCUT2D eigenvalue weighted by molar-refractivity contribution is -0.159. The van der Waals surface area contributed by atoms with E-state index in [4.69, 9.17) is 10.5 Å². The van der Waals surface area contributed by atoms with Crippen LogP contribution in [-0.4, -0.2) is 136 Å². The zero-order chi connectivity index (χ0) is 32.3. The smallest absolute Gasteiger partial charge is 0.404 e. The molecule has 0 saturated carbocycles. The molecule has 43 heavy (non-hydrogen) atoms. The number of amides is 3. The number of hydrogen-bond acceptors (Lipinski definition) is 14. The number of carboxylic acid groups (broad SMARTS) is 1. The normalized spacial score (nSPS) is 27.1. The fraction of sp³-hybridized carbons (Fsp3) is 0.565. The standard InChI is InChI=1S/C23H31N5O15/c1-2-7-3-27(11(7)21(38)39)19(37)10(25-18(36)14(33)12(31)9(30)6-42-22(24)40)16-13(32)15(34)20(43-16)28-4-8(5-29)17(35)26-23(28)41/h2,4,9-16,20,29-34H,3,5-6H2,1H3,(H2,24,40)(H,25,36)(H,38,39)(H,26,35,41)/b7-2+/t9-,10-,11-,12+,13-,14-,15+,16+,20+/m0/s1. The van der Waals surface area contributed by atoms with Crippen LogP contribution >= 0.6 is 0 Å². The van der Waals surface area contributed by atoms with E-state index in [-0.39, 0.29) is 12.1 Å². The SMILES string of the molecule is C/C=C1\CN(C(=O)[C@@H](NC(=O)[C@@H](O)[C@H](O)[C@@H](O)COC(N)=O)[C@H]2O[C@@H](n3cc(CO)c(=O)[nH]c3=O)[C@H](O)[C@@H]2O)[C@@H]1C(=O)O. The third-order valence-electron chi connectivity index (χ3n) is 6.94. The Balaban J connectivity index is 1.95. The van der Waals surface area contributed by atoms with Gasteiger partial charge in [0.2, 0.25) is 5.91 Å². The van der Waals surface area contributed by atoms with E-state index in [2.05, 4.69) is 4.74 Å². The quantitative estimate of drug-likeness (QED) is 0.103. The first-order valence-corrected chi connectivity index (χ1v) is 12.6. The third-order valence-corrected chi connectivity index (χ3v) is 6.94. The maximum Gasteiger partial charge on any atom is 0.404 e. The summed E-state index contributed by atoms with van der Waals surface area (Å²) in [6, 6.07) is -3.58. The van der Waals surface area contributed by atoms with Crippen LogP contribution in [0, 0.1) is 0 Å². The highest BCUT2D eigenvalue weighted by Gasteiger charge is 2.54. The molecule has 2 aliphatic rings. The number of allylic oxidation sites excluding steroid dienone is 1. The van der Waals surface area contributed by atoms with Crippen LogP contribution in [0.2, 0.25) is 0 Å². The highest BCUT2D eigenvalue weighted by atomic mass is 16.6. The minimum Gasteiger partial charge on any atom is -0.479 e. The number of aliphatic hydroxyl groups is 6. The van der Waals surface area contributed by atoms with E-state index in [1.54, 1.807) is 0 Å². The van der Waals surface area contributed by atoms with Crippen molar-refractivity contribution >= 4 is 23.9 Å². The molecule has 2 fully saturated rings. The molecule has 0 unspecified atom stereocenters. The van der Waals surface area contributed by atoms with E-state index >= 15 is 0 Å². The summed E-state index contributed by atoms with van der Waals surface area (Å²) in [5.74, 6) is -4.19. The number of aliphatic carboxylic acids is 1. The topological polar surface area (TPSA) is 324 Å². The Morgan fingerprint density at radius 3 is 2.42 bits per heavy atom. The monoisotopic (exact) mass is 617 g/mol. The Morgan fingerprint density at radius 1 is 1.21 bits per heavy atom. The van der Waals surface area contributed by atoms with Gasteiger partial charge >= 0.3 is 17.8 Å². The van der Waals surface area contributed by atoms with Gasteiger partial charge in [-0.15, -0.1) is 0 Å². The van der Waals surface area contributed by atoms with Crippen molar-refractivity contribution in [2.24, 2.45) is 5.73 Å². The number of aromatic amines is 1. The van der Waals surface area contributed by atoms with Gasteiger partial charge in [-0.2, -0.15) is 0 Å². The maximum atomic E-state index is 13.6. The molecular formula is C23H31N5O15. The lowest BCUT2D eigenvalue weighted by Gasteiger charge is -2.43. The number of aliphatic hydroxyl groups excluding tert-OH is 6. The predicted molar refractivity (Wildman–Crippen MR) is 136 cm³/mol. The first-order valence-electron chi connectivity index (χ1n) is 12.6. The number of nitrogens with two attached hydrogens (primary N) is 1. The Labute approximate surface area is 240 Å². The van der Waals surface area contributed by atoms with Crippen molar-refractivity contribution in [1.29, 1.82) is 0 Å². The number of rotatable bonds is 11. The highest BCUT2D eigenvalue weighted by Crippen LogP contribution is 2.33. The van der Waals surface area contributed by atoms with Crippen molar-refractivity contribution in [1.82, 2.24) is 19.8 Å². The molecule has 1 aromatic heterocycles. The van der Waals surface area contributed by atoms with Crippen LogP contribution in [0.1, 0.15) is 18.7 Å². The van der Waals surface area contributed by atoms with Gasteiger partial charge in [0.15, 0.2) is 18.4 Å². The lowest BCUT2D eigenvalue weighted by atomic mass is 9.92. The molecule has 2 saturated heterocycles. The molecule has 3 amide bonds. The number of aromatic nitrogens is 2. The molecule has 20 nitrogen and oxygen atoms in total. The summed E-state index contributed by atoms with van der Waals surface area (Å²) in [5.41, 5.74) is 2.62. The summed E-state index contributed by atoms with van der Waals surface area (Å²) in [4.78, 5) is 75.9. The van der Waals surface area contributed by atoms with Crippen LogP contribution in [0.25, 0.3) is 0 Å². The molecule has 0 aliphatic carbocycles. The van der Waals surface area contributed by atoms with Gasteiger partial charge in [-0.3, -0.25) is 23.9 Å². The fourth-order valence-electron chi connectivity index (χ4n) is 4.56. The van der Waals surface area contributed by atoms with Crippen molar-refractivity contribution in [2.75, 3.05) is 13.2 Å². The molecule has 0 aromatic carbocycles. The van der Waals surface area contributed by atoms with Crippen LogP contribution in [0.4, 0.5) is 4.79 Å². The molecular weight excluding hydrogens is 586 g/mol. The summed E-state index contributed by atoms with van der Waals surface area (Å²) >= 11 is 0. The lowest BCUT2D eigenvalue weighted by Crippen LogP contribution is -2.66. The van der Waals surface area contributed by atoms with Crippen LogP contribution in [0.3, 0.4) is 0 Å². The first-order chi connectivity index (χ1) is 20.1. The summed E-state index contributed by atoms with van der Waals surface area (Å²) in [5, 5.41) is 72.9. The largest absolute Gasteiger partial charge is 0.479 e. The van der Waals surface area contributed by atoms with Gasteiger partial charge in [0, 0.05) is 12.7 Å². The second kappa shape index (κ2) is 13.4. The number of ether oxygens (including phenoxy) is 2. The van der Waals surface area contributed by atoms with Crippen LogP contribution in [0.15, 0.2) is 27.4 Å². The molecule has 238 valence electrons. The van der Waals surface area contributed by atoms with Crippen LogP contribution < -0.4 is 22.3 Å². The molecule has 3 heterocycles. The summed E-state index contributed by atoms with van der Waals surface area (Å²) in [6.07, 6.45) is -13.8. The number of primary amides is 1. The second-order valence-electron chi connectivity index (χ2n) is 9.64. The molecule has 0 bridgehead atoms. The summed E-state index contributed by atoms with van der Waals surface area (Å²) in [7, 11) is 0. The van der Waals surface area contributed by atoms with Crippen molar-refractivity contribution < 1.29 is 64.4 Å². The maximum absolute atomic E-state index is 13.6. The number of likely N-dealkylation sites (tertiary alicyclic amines) is 1. The van der Waals surface area contributed by atoms with Crippen LogP contribution in [0.5, 0.6) is 0 Å². The predicted octanol–water partition coefficient (Wildman–Crippen LogP) is -6.45. The fourth-order valence-corrected chi connectivity index (χ4v) is 4.56. The van der Waals surface area contributed by atoms with Gasteiger partial charge in [0.25, 0.3) is 11.5 Å². The summed E-state index contributed by atoms with van der Waals surface area (Å²) in [6.45, 7) is -0.492. The van der Waals surface area contributed by atoms with E-state index < -0.39 is 103 Å². The number of carboxylic acids is 1. The Morgan fingerprint density at radius 2 is 1.86 bits per heavy atom. The van der Waals surface area contributed by atoms with Gasteiger partial charge in [0.1, 0.15) is 43.2 Å². The molecule has 2 aliphatic heterocycles. The second-order valence-corrected chi connectivity index (χ2v) is 9.64. The number of hydrogen-bond donors (Lipinski definition) is 10. The molecule has 3 rings (SSSR count).